The number of hydrogen-bond acceptors (Lipinski definition) is 4. The van der Waals surface area contributed by atoms with Crippen LogP contribution in [0.2, 0.25) is 0 Å². The van der Waals surface area contributed by atoms with E-state index < -0.39 is 0 Å². The number of nitrogens with one attached hydrogen (secondary N) is 1. The van der Waals surface area contributed by atoms with Crippen LogP contribution in [0.5, 0.6) is 5.75 Å². The smallest absolute Gasteiger partial charge is 0.234 e. The maximum absolute atomic E-state index is 12.0. The Morgan fingerprint density at radius 3 is 2.36 bits per heavy atom. The highest BCUT2D eigenvalue weighted by atomic mass is 16.5. The summed E-state index contributed by atoms with van der Waals surface area (Å²) in [6.45, 7) is 8.58. The molecule has 0 unspecified atom stereocenters. The Morgan fingerprint density at radius 1 is 1.14 bits per heavy atom. The number of nitrogens with zero attached hydrogens (tertiary/aromatic N) is 2. The maximum Gasteiger partial charge on any atom is 0.234 e. The molecule has 0 spiro atoms. The van der Waals surface area contributed by atoms with Crippen LogP contribution in [0.15, 0.2) is 24.3 Å². The van der Waals surface area contributed by atoms with Gasteiger partial charge in [-0.25, -0.2) is 0 Å². The second kappa shape index (κ2) is 8.76. The lowest BCUT2D eigenvalue weighted by atomic mass is 10.1. The van der Waals surface area contributed by atoms with E-state index in [2.05, 4.69) is 22.0 Å². The molecule has 1 N–H and O–H groups in total. The number of carbonyl (C=O) groups excluding carboxylic acids is 1. The fourth-order valence-corrected chi connectivity index (χ4v) is 2.66. The van der Waals surface area contributed by atoms with Gasteiger partial charge < -0.3 is 15.0 Å². The molecule has 122 valence electrons. The zero-order valence-corrected chi connectivity index (χ0v) is 13.7. The van der Waals surface area contributed by atoms with Gasteiger partial charge in [-0.3, -0.25) is 9.69 Å². The number of amides is 1. The van der Waals surface area contributed by atoms with Gasteiger partial charge in [-0.05, 0) is 30.7 Å². The molecule has 2 rings (SSSR count). The van der Waals surface area contributed by atoms with Crippen molar-refractivity contribution in [3.8, 4) is 5.75 Å². The number of methoxy groups -OCH3 is 1. The van der Waals surface area contributed by atoms with Gasteiger partial charge in [-0.1, -0.05) is 19.1 Å². The molecule has 1 aromatic carbocycles. The van der Waals surface area contributed by atoms with E-state index in [4.69, 9.17) is 4.74 Å². The highest BCUT2D eigenvalue weighted by Gasteiger charge is 2.17. The first kappa shape index (κ1) is 16.8. The van der Waals surface area contributed by atoms with Gasteiger partial charge in [0.15, 0.2) is 0 Å². The zero-order valence-electron chi connectivity index (χ0n) is 13.7. The van der Waals surface area contributed by atoms with Crippen LogP contribution in [0.25, 0.3) is 0 Å². The van der Waals surface area contributed by atoms with E-state index in [0.29, 0.717) is 13.1 Å². The summed E-state index contributed by atoms with van der Waals surface area (Å²) in [5.41, 5.74) is 1.21. The third kappa shape index (κ3) is 5.31. The van der Waals surface area contributed by atoms with Crippen LogP contribution in [0.3, 0.4) is 0 Å². The lowest BCUT2D eigenvalue weighted by Gasteiger charge is -2.33. The molecule has 1 aliphatic rings. The molecule has 0 aromatic heterocycles. The molecule has 1 aliphatic heterocycles. The van der Waals surface area contributed by atoms with Crippen LogP contribution in [0.4, 0.5) is 0 Å². The molecule has 5 heteroatoms. The molecule has 0 aliphatic carbocycles. The van der Waals surface area contributed by atoms with Crippen LogP contribution < -0.4 is 10.1 Å². The molecular formula is C17H27N3O2. The summed E-state index contributed by atoms with van der Waals surface area (Å²) in [7, 11) is 1.66. The normalized spacial score (nSPS) is 16.5. The third-order valence-corrected chi connectivity index (χ3v) is 4.17. The molecule has 0 bridgehead atoms. The van der Waals surface area contributed by atoms with Crippen LogP contribution >= 0.6 is 0 Å². The molecule has 1 fully saturated rings. The van der Waals surface area contributed by atoms with Crippen molar-refractivity contribution in [3.63, 3.8) is 0 Å². The van der Waals surface area contributed by atoms with Crippen molar-refractivity contribution in [2.24, 2.45) is 0 Å². The summed E-state index contributed by atoms with van der Waals surface area (Å²) >= 11 is 0. The minimum atomic E-state index is 0.124. The molecule has 0 atom stereocenters. The summed E-state index contributed by atoms with van der Waals surface area (Å²) in [6, 6.07) is 7.97. The summed E-state index contributed by atoms with van der Waals surface area (Å²) in [5, 5.41) is 3.01. The number of rotatable bonds is 7. The lowest BCUT2D eigenvalue weighted by Crippen LogP contribution is -2.49. The van der Waals surface area contributed by atoms with E-state index in [-0.39, 0.29) is 5.91 Å². The van der Waals surface area contributed by atoms with Gasteiger partial charge in [0.2, 0.25) is 5.91 Å². The Kier molecular flexibility index (Phi) is 6.68. The molecule has 0 saturated carbocycles. The van der Waals surface area contributed by atoms with E-state index in [1.807, 2.05) is 24.3 Å². The number of hydrogen-bond donors (Lipinski definition) is 1. The molecule has 1 heterocycles. The van der Waals surface area contributed by atoms with E-state index in [1.165, 1.54) is 5.56 Å². The Hall–Kier alpha value is -1.59. The lowest BCUT2D eigenvalue weighted by molar-refractivity contribution is -0.122. The largest absolute Gasteiger partial charge is 0.497 e. The Bertz CT molecular complexity index is 453. The van der Waals surface area contributed by atoms with Gasteiger partial charge in [0.05, 0.1) is 13.7 Å². The molecule has 22 heavy (non-hydrogen) atoms. The van der Waals surface area contributed by atoms with Gasteiger partial charge >= 0.3 is 0 Å². The van der Waals surface area contributed by atoms with Crippen LogP contribution in [-0.2, 0) is 11.2 Å². The first-order chi connectivity index (χ1) is 10.7. The number of ether oxygens (including phenoxy) is 1. The van der Waals surface area contributed by atoms with Crippen molar-refractivity contribution in [1.29, 1.82) is 0 Å². The molecule has 1 amide bonds. The van der Waals surface area contributed by atoms with Gasteiger partial charge in [0, 0.05) is 32.7 Å². The third-order valence-electron chi connectivity index (χ3n) is 4.17. The predicted molar refractivity (Wildman–Crippen MR) is 88.3 cm³/mol. The SMILES string of the molecule is CCN1CCN(CC(=O)NCCc2ccc(OC)cc2)CC1. The predicted octanol–water partition coefficient (Wildman–Crippen LogP) is 0.991. The Balaban J connectivity index is 1.63. The summed E-state index contributed by atoms with van der Waals surface area (Å²) in [6.07, 6.45) is 0.847. The number of likely N-dealkylation sites (N-methyl/N-ethyl adjacent to an activating group) is 1. The van der Waals surface area contributed by atoms with E-state index >= 15 is 0 Å². The van der Waals surface area contributed by atoms with E-state index in [1.54, 1.807) is 7.11 Å². The first-order valence-electron chi connectivity index (χ1n) is 8.05. The standard InChI is InChI=1S/C17H27N3O2/c1-3-19-10-12-20(13-11-19)14-17(21)18-9-8-15-4-6-16(22-2)7-5-15/h4-7H,3,8-14H2,1-2H3,(H,18,21). The van der Waals surface area contributed by atoms with Crippen LogP contribution in [0.1, 0.15) is 12.5 Å². The Morgan fingerprint density at radius 2 is 1.77 bits per heavy atom. The van der Waals surface area contributed by atoms with E-state index in [9.17, 15) is 4.79 Å². The summed E-state index contributed by atoms with van der Waals surface area (Å²) in [5.74, 6) is 0.984. The van der Waals surface area contributed by atoms with Gasteiger partial charge in [-0.2, -0.15) is 0 Å². The zero-order chi connectivity index (χ0) is 15.8. The fraction of sp³-hybridized carbons (Fsp3) is 0.588. The molecular weight excluding hydrogens is 278 g/mol. The average molecular weight is 305 g/mol. The number of piperazine rings is 1. The van der Waals surface area contributed by atoms with Gasteiger partial charge in [0.1, 0.15) is 5.75 Å². The van der Waals surface area contributed by atoms with Crippen LogP contribution in [0, 0.1) is 0 Å². The number of benzene rings is 1. The monoisotopic (exact) mass is 305 g/mol. The minimum Gasteiger partial charge on any atom is -0.497 e. The van der Waals surface area contributed by atoms with Crippen molar-refractivity contribution in [3.05, 3.63) is 29.8 Å². The first-order valence-corrected chi connectivity index (χ1v) is 8.05. The quantitative estimate of drug-likeness (QED) is 0.816. The second-order valence-corrected chi connectivity index (χ2v) is 5.66. The molecule has 5 nitrogen and oxygen atoms in total. The van der Waals surface area contributed by atoms with Crippen molar-refractivity contribution < 1.29 is 9.53 Å². The second-order valence-electron chi connectivity index (χ2n) is 5.66. The Labute approximate surface area is 133 Å². The summed E-state index contributed by atoms with van der Waals surface area (Å²) in [4.78, 5) is 16.6. The van der Waals surface area contributed by atoms with Gasteiger partial charge in [0.25, 0.3) is 0 Å². The number of carbonyl (C=O) groups is 1. The van der Waals surface area contributed by atoms with Crippen molar-refractivity contribution >= 4 is 5.91 Å². The van der Waals surface area contributed by atoms with Crippen molar-refractivity contribution in [2.45, 2.75) is 13.3 Å². The van der Waals surface area contributed by atoms with Crippen molar-refractivity contribution in [2.75, 3.05) is 52.9 Å². The maximum atomic E-state index is 12.0. The average Bonchev–Trinajstić information content (AvgIpc) is 2.56. The highest BCUT2D eigenvalue weighted by molar-refractivity contribution is 5.78. The van der Waals surface area contributed by atoms with Crippen LogP contribution in [-0.4, -0.2) is 68.6 Å². The molecule has 1 aromatic rings. The molecule has 0 radical (unpaired) electrons. The van der Waals surface area contributed by atoms with Gasteiger partial charge in [-0.15, -0.1) is 0 Å². The summed E-state index contributed by atoms with van der Waals surface area (Å²) < 4.78 is 5.13. The minimum absolute atomic E-state index is 0.124. The fourth-order valence-electron chi connectivity index (χ4n) is 2.66. The molecule has 1 saturated heterocycles. The van der Waals surface area contributed by atoms with Crippen molar-refractivity contribution in [1.82, 2.24) is 15.1 Å². The topological polar surface area (TPSA) is 44.8 Å². The van der Waals surface area contributed by atoms with E-state index in [0.717, 1.165) is 44.9 Å². The highest BCUT2D eigenvalue weighted by Crippen LogP contribution is 2.11.